The molecule has 1 amide bonds. The number of carbonyl (C=O) groups is 1. The number of halogens is 3. The van der Waals surface area contributed by atoms with Gasteiger partial charge in [0.15, 0.2) is 11.5 Å². The van der Waals surface area contributed by atoms with E-state index in [9.17, 15) is 18.0 Å². The van der Waals surface area contributed by atoms with Crippen molar-refractivity contribution >= 4 is 11.9 Å². The quantitative estimate of drug-likeness (QED) is 0.743. The number of ether oxygens (including phenoxy) is 2. The summed E-state index contributed by atoms with van der Waals surface area (Å²) >= 11 is 0. The number of fused-ring (bicyclic) bond motifs is 3. The molecule has 0 aromatic heterocycles. The first-order valence-electron chi connectivity index (χ1n) is 11.2. The van der Waals surface area contributed by atoms with Crippen molar-refractivity contribution < 1.29 is 27.4 Å². The first-order chi connectivity index (χ1) is 15.2. The van der Waals surface area contributed by atoms with Gasteiger partial charge in [0, 0.05) is 12.5 Å². The SMILES string of the molecule is COC1CCC2(CC1)Cc1ccc(OCC3CC3)cc1[C@]21N=C(N)N(CC(F)(F)F)C1=O. The summed E-state index contributed by atoms with van der Waals surface area (Å²) < 4.78 is 51.2. The highest BCUT2D eigenvalue weighted by Gasteiger charge is 2.67. The molecule has 0 bridgehead atoms. The average molecular weight is 451 g/mol. The van der Waals surface area contributed by atoms with Crippen molar-refractivity contribution in [1.29, 1.82) is 0 Å². The van der Waals surface area contributed by atoms with E-state index >= 15 is 0 Å². The van der Waals surface area contributed by atoms with Gasteiger partial charge in [-0.05, 0) is 74.1 Å². The first-order valence-corrected chi connectivity index (χ1v) is 11.2. The molecule has 0 saturated heterocycles. The number of aliphatic imine (C=N–C) groups is 1. The molecule has 0 unspecified atom stereocenters. The van der Waals surface area contributed by atoms with Crippen molar-refractivity contribution in [3.63, 3.8) is 0 Å². The highest BCUT2D eigenvalue weighted by molar-refractivity contribution is 6.08. The molecule has 2 saturated carbocycles. The van der Waals surface area contributed by atoms with E-state index in [0.29, 0.717) is 48.0 Å². The summed E-state index contributed by atoms with van der Waals surface area (Å²) in [5.74, 6) is 0.129. The molecule has 0 radical (unpaired) electrons. The van der Waals surface area contributed by atoms with Gasteiger partial charge in [-0.25, -0.2) is 4.99 Å². The van der Waals surface area contributed by atoms with Crippen LogP contribution in [0.25, 0.3) is 0 Å². The Morgan fingerprint density at radius 3 is 2.56 bits per heavy atom. The number of guanidine groups is 1. The fourth-order valence-corrected chi connectivity index (χ4v) is 5.76. The van der Waals surface area contributed by atoms with E-state index in [1.54, 1.807) is 13.2 Å². The number of alkyl halides is 3. The molecule has 32 heavy (non-hydrogen) atoms. The number of benzene rings is 1. The maximum Gasteiger partial charge on any atom is 0.406 e. The first kappa shape index (κ1) is 21.6. The monoisotopic (exact) mass is 451 g/mol. The molecule has 4 aliphatic rings. The van der Waals surface area contributed by atoms with Gasteiger partial charge in [-0.2, -0.15) is 13.2 Å². The van der Waals surface area contributed by atoms with E-state index in [1.807, 2.05) is 12.1 Å². The third kappa shape index (κ3) is 3.36. The van der Waals surface area contributed by atoms with E-state index in [2.05, 4.69) is 4.99 Å². The van der Waals surface area contributed by atoms with Crippen LogP contribution in [0.4, 0.5) is 13.2 Å². The van der Waals surface area contributed by atoms with Crippen LogP contribution < -0.4 is 10.5 Å². The van der Waals surface area contributed by atoms with Crippen LogP contribution in [0.2, 0.25) is 0 Å². The molecule has 3 aliphatic carbocycles. The fourth-order valence-electron chi connectivity index (χ4n) is 5.76. The zero-order chi connectivity index (χ0) is 22.7. The number of nitrogens with zero attached hydrogens (tertiary/aromatic N) is 2. The van der Waals surface area contributed by atoms with Crippen LogP contribution in [0.5, 0.6) is 5.75 Å². The van der Waals surface area contributed by atoms with Crippen LogP contribution in [0.1, 0.15) is 49.7 Å². The summed E-state index contributed by atoms with van der Waals surface area (Å²) in [6.45, 7) is -0.834. The van der Waals surface area contributed by atoms with E-state index in [4.69, 9.17) is 15.2 Å². The van der Waals surface area contributed by atoms with Crippen LogP contribution in [0, 0.1) is 11.3 Å². The maximum absolute atomic E-state index is 13.8. The predicted molar refractivity (Wildman–Crippen MR) is 111 cm³/mol. The number of rotatable bonds is 5. The third-order valence-corrected chi connectivity index (χ3v) is 7.62. The average Bonchev–Trinajstić information content (AvgIpc) is 3.50. The lowest BCUT2D eigenvalue weighted by Gasteiger charge is -2.45. The number of nitrogens with two attached hydrogens (primary N) is 1. The topological polar surface area (TPSA) is 77.2 Å². The highest BCUT2D eigenvalue weighted by atomic mass is 19.4. The molecule has 9 heteroatoms. The number of hydrogen-bond donors (Lipinski definition) is 1. The number of amides is 1. The molecule has 5 rings (SSSR count). The Balaban J connectivity index is 1.57. The van der Waals surface area contributed by atoms with Gasteiger partial charge < -0.3 is 15.2 Å². The molecule has 2 N–H and O–H groups in total. The van der Waals surface area contributed by atoms with E-state index in [-0.39, 0.29) is 12.1 Å². The zero-order valence-electron chi connectivity index (χ0n) is 18.1. The Kier molecular flexibility index (Phi) is 4.96. The Bertz CT molecular complexity index is 952. The standard InChI is InChI=1S/C23H28F3N3O3/c1-31-16-6-8-21(9-7-16)11-15-4-5-17(32-12-14-2-3-14)10-18(15)23(21)19(30)29(20(27)28-23)13-22(24,25)26/h4-5,10,14,16H,2-3,6-9,11-13H2,1H3,(H2,27,28)/t16?,21?,23-/m1/s1. The lowest BCUT2D eigenvalue weighted by molar-refractivity contribution is -0.158. The summed E-state index contributed by atoms with van der Waals surface area (Å²) in [5.41, 5.74) is 5.47. The number of carbonyl (C=O) groups excluding carboxylic acids is 1. The van der Waals surface area contributed by atoms with Gasteiger partial charge in [0.1, 0.15) is 12.3 Å². The van der Waals surface area contributed by atoms with Crippen LogP contribution in [-0.2, 0) is 21.5 Å². The highest BCUT2D eigenvalue weighted by Crippen LogP contribution is 2.62. The number of hydrogen-bond acceptors (Lipinski definition) is 5. The van der Waals surface area contributed by atoms with Crippen molar-refractivity contribution in [3.05, 3.63) is 29.3 Å². The van der Waals surface area contributed by atoms with Crippen molar-refractivity contribution in [2.45, 2.75) is 62.8 Å². The smallest absolute Gasteiger partial charge is 0.406 e. The summed E-state index contributed by atoms with van der Waals surface area (Å²) in [6.07, 6.45) is 1.06. The van der Waals surface area contributed by atoms with Gasteiger partial charge >= 0.3 is 6.18 Å². The molecule has 1 aliphatic heterocycles. The maximum atomic E-state index is 13.8. The second-order valence-electron chi connectivity index (χ2n) is 9.65. The lowest BCUT2D eigenvalue weighted by Crippen LogP contribution is -2.53. The van der Waals surface area contributed by atoms with Gasteiger partial charge in [0.25, 0.3) is 5.91 Å². The molecular weight excluding hydrogens is 423 g/mol. The number of methoxy groups -OCH3 is 1. The molecule has 2 spiro atoms. The van der Waals surface area contributed by atoms with Crippen molar-refractivity contribution in [2.75, 3.05) is 20.3 Å². The molecule has 1 aromatic rings. The van der Waals surface area contributed by atoms with Gasteiger partial charge in [-0.3, -0.25) is 9.69 Å². The van der Waals surface area contributed by atoms with E-state index in [0.717, 1.165) is 31.2 Å². The largest absolute Gasteiger partial charge is 0.493 e. The Morgan fingerprint density at radius 1 is 1.22 bits per heavy atom. The minimum absolute atomic E-state index is 0.0722. The normalized spacial score (nSPS) is 32.0. The van der Waals surface area contributed by atoms with Crippen molar-refractivity contribution in [1.82, 2.24) is 4.90 Å². The van der Waals surface area contributed by atoms with Crippen LogP contribution in [0.15, 0.2) is 23.2 Å². The summed E-state index contributed by atoms with van der Waals surface area (Å²) in [4.78, 5) is 18.9. The van der Waals surface area contributed by atoms with Crippen molar-refractivity contribution in [3.8, 4) is 5.75 Å². The van der Waals surface area contributed by atoms with Gasteiger partial charge in [0.05, 0.1) is 12.7 Å². The third-order valence-electron chi connectivity index (χ3n) is 7.62. The summed E-state index contributed by atoms with van der Waals surface area (Å²) in [6, 6.07) is 5.62. The minimum atomic E-state index is -4.57. The van der Waals surface area contributed by atoms with Crippen molar-refractivity contribution in [2.24, 2.45) is 22.1 Å². The second kappa shape index (κ2) is 7.37. The Labute approximate surface area is 184 Å². The molecule has 6 nitrogen and oxygen atoms in total. The molecule has 1 atom stereocenters. The van der Waals surface area contributed by atoms with Crippen LogP contribution >= 0.6 is 0 Å². The zero-order valence-corrected chi connectivity index (χ0v) is 18.1. The Morgan fingerprint density at radius 2 is 1.94 bits per heavy atom. The predicted octanol–water partition coefficient (Wildman–Crippen LogP) is 3.52. The summed E-state index contributed by atoms with van der Waals surface area (Å²) in [7, 11) is 1.66. The molecule has 2 fully saturated rings. The van der Waals surface area contributed by atoms with Gasteiger partial charge in [-0.15, -0.1) is 0 Å². The molecular formula is C23H28F3N3O3. The summed E-state index contributed by atoms with van der Waals surface area (Å²) in [5, 5.41) is 0. The molecule has 1 heterocycles. The van der Waals surface area contributed by atoms with Crippen LogP contribution in [0.3, 0.4) is 0 Å². The van der Waals surface area contributed by atoms with Gasteiger partial charge in [-0.1, -0.05) is 6.07 Å². The van der Waals surface area contributed by atoms with Crippen LogP contribution in [-0.4, -0.2) is 49.3 Å². The molecule has 1 aromatic carbocycles. The fraction of sp³-hybridized carbons (Fsp3) is 0.652. The van der Waals surface area contributed by atoms with E-state index in [1.165, 1.54) is 0 Å². The lowest BCUT2D eigenvalue weighted by atomic mass is 9.61. The molecule has 174 valence electrons. The second-order valence-corrected chi connectivity index (χ2v) is 9.65. The Hall–Kier alpha value is -2.29. The van der Waals surface area contributed by atoms with E-state index < -0.39 is 29.6 Å². The minimum Gasteiger partial charge on any atom is -0.493 e. The van der Waals surface area contributed by atoms with Gasteiger partial charge in [0.2, 0.25) is 0 Å².